The molecule has 1 N–H and O–H groups in total. The van der Waals surface area contributed by atoms with Crippen molar-refractivity contribution in [1.82, 2.24) is 15.1 Å². The summed E-state index contributed by atoms with van der Waals surface area (Å²) in [5.74, 6) is -0.0171. The van der Waals surface area contributed by atoms with Gasteiger partial charge in [-0.15, -0.1) is 0 Å². The van der Waals surface area contributed by atoms with E-state index in [1.807, 2.05) is 17.0 Å². The molecule has 1 saturated heterocycles. The number of carbonyl (C=O) groups excluding carboxylic acids is 1. The van der Waals surface area contributed by atoms with Crippen LogP contribution in [0.1, 0.15) is 41.8 Å². The number of H-pyrrole nitrogens is 1. The summed E-state index contributed by atoms with van der Waals surface area (Å²) in [4.78, 5) is 14.2. The van der Waals surface area contributed by atoms with Gasteiger partial charge in [-0.1, -0.05) is 35.3 Å². The van der Waals surface area contributed by atoms with Gasteiger partial charge in [0.1, 0.15) is 5.82 Å². The van der Waals surface area contributed by atoms with Crippen LogP contribution in [0.3, 0.4) is 0 Å². The summed E-state index contributed by atoms with van der Waals surface area (Å²) in [6.07, 6.45) is 4.79. The van der Waals surface area contributed by atoms with Crippen LogP contribution in [-0.2, 0) is 24.1 Å². The molecule has 7 heteroatoms. The third-order valence-electron chi connectivity index (χ3n) is 6.42. The molecule has 4 nitrogen and oxygen atoms in total. The first-order valence-corrected chi connectivity index (χ1v) is 11.3. The molecule has 160 valence electrons. The van der Waals surface area contributed by atoms with Crippen molar-refractivity contribution in [3.8, 4) is 11.1 Å². The van der Waals surface area contributed by atoms with Crippen LogP contribution in [0.25, 0.3) is 11.1 Å². The SMILES string of the molecule is O=C1CCCN1[C@H]1CCc2n[nH]c(Cc3c(Cl)cc(-c4ccc(F)cc4)cc3Cl)c2C1. The van der Waals surface area contributed by atoms with Crippen molar-refractivity contribution in [2.45, 2.75) is 44.6 Å². The third-order valence-corrected chi connectivity index (χ3v) is 7.09. The lowest BCUT2D eigenvalue weighted by Crippen LogP contribution is -2.40. The number of hydrogen-bond donors (Lipinski definition) is 1. The second kappa shape index (κ2) is 8.29. The van der Waals surface area contributed by atoms with Gasteiger partial charge >= 0.3 is 0 Å². The van der Waals surface area contributed by atoms with Gasteiger partial charge in [0.2, 0.25) is 5.91 Å². The molecule has 0 radical (unpaired) electrons. The number of amides is 1. The summed E-state index contributed by atoms with van der Waals surface area (Å²) < 4.78 is 13.2. The molecule has 1 atom stereocenters. The number of aromatic nitrogens is 2. The number of halogens is 3. The number of aryl methyl sites for hydroxylation is 1. The van der Waals surface area contributed by atoms with Gasteiger partial charge in [-0.05, 0) is 72.2 Å². The van der Waals surface area contributed by atoms with Crippen LogP contribution >= 0.6 is 23.2 Å². The number of aromatic amines is 1. The average Bonchev–Trinajstić information content (AvgIpc) is 3.36. The van der Waals surface area contributed by atoms with Gasteiger partial charge in [0.05, 0.1) is 5.69 Å². The fraction of sp³-hybridized carbons (Fsp3) is 0.333. The third kappa shape index (κ3) is 3.97. The fourth-order valence-electron chi connectivity index (χ4n) is 4.76. The summed E-state index contributed by atoms with van der Waals surface area (Å²) in [5.41, 5.74) is 5.80. The summed E-state index contributed by atoms with van der Waals surface area (Å²) in [6.45, 7) is 0.856. The average molecular weight is 458 g/mol. The maximum absolute atomic E-state index is 13.2. The van der Waals surface area contributed by atoms with Crippen LogP contribution in [0.4, 0.5) is 4.39 Å². The maximum atomic E-state index is 13.2. The van der Waals surface area contributed by atoms with Crippen molar-refractivity contribution in [1.29, 1.82) is 0 Å². The molecule has 1 aliphatic carbocycles. The van der Waals surface area contributed by atoms with E-state index in [0.717, 1.165) is 60.3 Å². The molecule has 2 aliphatic rings. The molecule has 0 bridgehead atoms. The van der Waals surface area contributed by atoms with Crippen LogP contribution in [0, 0.1) is 5.82 Å². The first-order valence-electron chi connectivity index (χ1n) is 10.6. The fourth-order valence-corrected chi connectivity index (χ4v) is 5.38. The van der Waals surface area contributed by atoms with E-state index in [9.17, 15) is 9.18 Å². The molecular formula is C24H22Cl2FN3O. The molecule has 1 amide bonds. The first-order chi connectivity index (χ1) is 15.0. The van der Waals surface area contributed by atoms with Crippen LogP contribution in [0.2, 0.25) is 10.0 Å². The second-order valence-electron chi connectivity index (χ2n) is 8.32. The summed E-state index contributed by atoms with van der Waals surface area (Å²) in [6, 6.07) is 10.2. The summed E-state index contributed by atoms with van der Waals surface area (Å²) >= 11 is 13.2. The summed E-state index contributed by atoms with van der Waals surface area (Å²) in [5, 5.41) is 8.83. The van der Waals surface area contributed by atoms with Gasteiger partial charge in [-0.25, -0.2) is 4.39 Å². The second-order valence-corrected chi connectivity index (χ2v) is 9.13. The topological polar surface area (TPSA) is 49.0 Å². The van der Waals surface area contributed by atoms with Crippen LogP contribution in [-0.4, -0.2) is 33.6 Å². The number of rotatable bonds is 4. The Kier molecular flexibility index (Phi) is 5.49. The minimum Gasteiger partial charge on any atom is -0.339 e. The van der Waals surface area contributed by atoms with Crippen molar-refractivity contribution in [3.63, 3.8) is 0 Å². The standard InChI is InChI=1S/C24H22Cl2FN3O/c25-20-10-15(14-3-5-16(27)6-4-14)11-21(26)18(20)13-23-19-12-17(7-8-22(19)28-29-23)30-9-1-2-24(30)31/h3-6,10-11,17H,1-2,7-9,12-13H2,(H,28,29)/t17-/m0/s1. The molecule has 1 aromatic heterocycles. The van der Waals surface area contributed by atoms with E-state index in [-0.39, 0.29) is 17.8 Å². The van der Waals surface area contributed by atoms with Crippen LogP contribution in [0.5, 0.6) is 0 Å². The zero-order valence-corrected chi connectivity index (χ0v) is 18.4. The highest BCUT2D eigenvalue weighted by atomic mass is 35.5. The Labute approximate surface area is 190 Å². The van der Waals surface area contributed by atoms with E-state index in [1.165, 1.54) is 17.7 Å². The maximum Gasteiger partial charge on any atom is 0.222 e. The van der Waals surface area contributed by atoms with Gasteiger partial charge in [0.15, 0.2) is 0 Å². The Morgan fingerprint density at radius 2 is 1.84 bits per heavy atom. The quantitative estimate of drug-likeness (QED) is 0.554. The highest BCUT2D eigenvalue weighted by Gasteiger charge is 2.32. The number of likely N-dealkylation sites (tertiary alicyclic amines) is 1. The highest BCUT2D eigenvalue weighted by molar-refractivity contribution is 6.36. The molecule has 1 aliphatic heterocycles. The molecule has 2 aromatic carbocycles. The van der Waals surface area contributed by atoms with Crippen molar-refractivity contribution in [2.24, 2.45) is 0 Å². The smallest absolute Gasteiger partial charge is 0.222 e. The normalized spacial score (nSPS) is 18.5. The van der Waals surface area contributed by atoms with Crippen molar-refractivity contribution < 1.29 is 9.18 Å². The van der Waals surface area contributed by atoms with E-state index < -0.39 is 0 Å². The van der Waals surface area contributed by atoms with Gasteiger partial charge in [-0.3, -0.25) is 9.89 Å². The zero-order valence-electron chi connectivity index (χ0n) is 16.9. The Bertz CT molecular complexity index is 1120. The van der Waals surface area contributed by atoms with Gasteiger partial charge in [0.25, 0.3) is 0 Å². The number of nitrogens with one attached hydrogen (secondary N) is 1. The molecular weight excluding hydrogens is 436 g/mol. The number of fused-ring (bicyclic) bond motifs is 1. The van der Waals surface area contributed by atoms with Crippen molar-refractivity contribution in [3.05, 3.63) is 74.8 Å². The lowest BCUT2D eigenvalue weighted by Gasteiger charge is -2.31. The molecule has 31 heavy (non-hydrogen) atoms. The highest BCUT2D eigenvalue weighted by Crippen LogP contribution is 2.35. The van der Waals surface area contributed by atoms with E-state index in [2.05, 4.69) is 10.2 Å². The van der Waals surface area contributed by atoms with Crippen LogP contribution < -0.4 is 0 Å². The Hall–Kier alpha value is -2.37. The van der Waals surface area contributed by atoms with Gasteiger partial charge in [-0.2, -0.15) is 5.10 Å². The number of hydrogen-bond acceptors (Lipinski definition) is 2. The molecule has 0 unspecified atom stereocenters. The van der Waals surface area contributed by atoms with Crippen LogP contribution in [0.15, 0.2) is 36.4 Å². The predicted molar refractivity (Wildman–Crippen MR) is 120 cm³/mol. The molecule has 0 saturated carbocycles. The molecule has 3 aromatic rings. The number of nitrogens with zero attached hydrogens (tertiary/aromatic N) is 2. The minimum absolute atomic E-state index is 0.241. The number of benzene rings is 2. The number of carbonyl (C=O) groups is 1. The lowest BCUT2D eigenvalue weighted by atomic mass is 9.89. The Morgan fingerprint density at radius 1 is 1.10 bits per heavy atom. The molecule has 5 rings (SSSR count). The zero-order chi connectivity index (χ0) is 21.5. The Balaban J connectivity index is 1.40. The monoisotopic (exact) mass is 457 g/mol. The van der Waals surface area contributed by atoms with E-state index in [4.69, 9.17) is 23.2 Å². The predicted octanol–water partition coefficient (Wildman–Crippen LogP) is 5.59. The van der Waals surface area contributed by atoms with Crippen molar-refractivity contribution in [2.75, 3.05) is 6.54 Å². The molecule has 1 fully saturated rings. The van der Waals surface area contributed by atoms with E-state index in [1.54, 1.807) is 12.1 Å². The van der Waals surface area contributed by atoms with E-state index in [0.29, 0.717) is 22.9 Å². The van der Waals surface area contributed by atoms with Crippen molar-refractivity contribution >= 4 is 29.1 Å². The molecule has 2 heterocycles. The Morgan fingerprint density at radius 3 is 2.52 bits per heavy atom. The summed E-state index contributed by atoms with van der Waals surface area (Å²) in [7, 11) is 0. The molecule has 0 spiro atoms. The van der Waals surface area contributed by atoms with Gasteiger partial charge < -0.3 is 4.90 Å². The minimum atomic E-state index is -0.282. The van der Waals surface area contributed by atoms with Gasteiger partial charge in [0, 0.05) is 41.2 Å². The first kappa shape index (κ1) is 20.5. The lowest BCUT2D eigenvalue weighted by molar-refractivity contribution is -0.129. The van der Waals surface area contributed by atoms with E-state index >= 15 is 0 Å². The largest absolute Gasteiger partial charge is 0.339 e.